The lowest BCUT2D eigenvalue weighted by molar-refractivity contribution is -0.163. The molecule has 0 amide bonds. The summed E-state index contributed by atoms with van der Waals surface area (Å²) in [6.45, 7) is 0. The van der Waals surface area contributed by atoms with Gasteiger partial charge in [-0.1, -0.05) is 29.3 Å². The van der Waals surface area contributed by atoms with Gasteiger partial charge in [0, 0.05) is 5.56 Å². The number of rotatable bonds is 1. The highest BCUT2D eigenvalue weighted by atomic mass is 35.5. The van der Waals surface area contributed by atoms with Crippen LogP contribution in [0.4, 0.5) is 26.3 Å². The normalized spacial score (nSPS) is 12.3. The van der Waals surface area contributed by atoms with E-state index in [0.29, 0.717) is 0 Å². The van der Waals surface area contributed by atoms with Crippen molar-refractivity contribution in [2.24, 2.45) is 0 Å². The second kappa shape index (κ2) is 5.65. The quantitative estimate of drug-likeness (QED) is 0.622. The first kappa shape index (κ1) is 17.5. The van der Waals surface area contributed by atoms with E-state index in [9.17, 15) is 26.3 Å². The molecule has 0 aliphatic heterocycles. The predicted octanol–water partition coefficient (Wildman–Crippen LogP) is 5.90. The average Bonchev–Trinajstić information content (AvgIpc) is 2.81. The minimum atomic E-state index is -5.36. The highest BCUT2D eigenvalue weighted by Gasteiger charge is 2.48. The number of halogens is 8. The maximum atomic E-state index is 13.0. The molecular formula is C13H4Cl2F6N2. The molecule has 10 heteroatoms. The molecule has 0 unspecified atom stereocenters. The number of aromatic nitrogens is 1. The van der Waals surface area contributed by atoms with Crippen molar-refractivity contribution in [1.82, 2.24) is 4.98 Å². The second-order valence-electron chi connectivity index (χ2n) is 4.36. The Labute approximate surface area is 135 Å². The third-order valence-corrected chi connectivity index (χ3v) is 3.63. The summed E-state index contributed by atoms with van der Waals surface area (Å²) < 4.78 is 77.6. The first-order valence-corrected chi connectivity index (χ1v) is 6.48. The summed E-state index contributed by atoms with van der Waals surface area (Å²) in [5.41, 5.74) is -6.03. The Kier molecular flexibility index (Phi) is 4.30. The minimum Gasteiger partial charge on any atom is -0.349 e. The molecule has 2 rings (SSSR count). The number of H-pyrrole nitrogens is 1. The minimum absolute atomic E-state index is 0.0626. The van der Waals surface area contributed by atoms with Crippen LogP contribution >= 0.6 is 23.2 Å². The lowest BCUT2D eigenvalue weighted by atomic mass is 10.0. The molecular weight excluding hydrogens is 369 g/mol. The van der Waals surface area contributed by atoms with E-state index in [4.69, 9.17) is 28.5 Å². The molecule has 23 heavy (non-hydrogen) atoms. The SMILES string of the molecule is N#Cc1c(-c2ccc(Cl)c(Cl)c2)[nH]c(C(F)(F)F)c1C(F)(F)F. The number of nitrogens with zero attached hydrogens (tertiary/aromatic N) is 1. The number of benzene rings is 1. The Balaban J connectivity index is 2.83. The molecule has 1 N–H and O–H groups in total. The van der Waals surface area contributed by atoms with Crippen molar-refractivity contribution in [1.29, 1.82) is 5.26 Å². The summed E-state index contributed by atoms with van der Waals surface area (Å²) >= 11 is 11.4. The van der Waals surface area contributed by atoms with Gasteiger partial charge in [0.25, 0.3) is 0 Å². The fraction of sp³-hybridized carbons (Fsp3) is 0.154. The summed E-state index contributed by atoms with van der Waals surface area (Å²) in [4.78, 5) is 1.64. The largest absolute Gasteiger partial charge is 0.431 e. The van der Waals surface area contributed by atoms with Crippen LogP contribution in [-0.2, 0) is 12.4 Å². The molecule has 2 aromatic rings. The van der Waals surface area contributed by atoms with Crippen LogP contribution in [0.5, 0.6) is 0 Å². The van der Waals surface area contributed by atoms with Gasteiger partial charge in [-0.3, -0.25) is 0 Å². The van der Waals surface area contributed by atoms with E-state index >= 15 is 0 Å². The van der Waals surface area contributed by atoms with Gasteiger partial charge in [-0.05, 0) is 12.1 Å². The van der Waals surface area contributed by atoms with Crippen LogP contribution in [0.15, 0.2) is 18.2 Å². The zero-order valence-electron chi connectivity index (χ0n) is 10.7. The van der Waals surface area contributed by atoms with Crippen molar-refractivity contribution >= 4 is 23.2 Å². The first-order chi connectivity index (χ1) is 10.5. The van der Waals surface area contributed by atoms with Gasteiger partial charge >= 0.3 is 12.4 Å². The third kappa shape index (κ3) is 3.26. The Hall–Kier alpha value is -1.85. The molecule has 1 aromatic carbocycles. The molecule has 2 nitrogen and oxygen atoms in total. The number of hydrogen-bond acceptors (Lipinski definition) is 1. The summed E-state index contributed by atoms with van der Waals surface area (Å²) in [6, 6.07) is 4.58. The summed E-state index contributed by atoms with van der Waals surface area (Å²) in [6.07, 6.45) is -10.7. The molecule has 0 aliphatic rings. The molecule has 1 aromatic heterocycles. The Morgan fingerprint density at radius 3 is 2.00 bits per heavy atom. The van der Waals surface area contributed by atoms with Crippen LogP contribution in [0.3, 0.4) is 0 Å². The maximum absolute atomic E-state index is 13.0. The van der Waals surface area contributed by atoms with Gasteiger partial charge in [-0.15, -0.1) is 0 Å². The lowest BCUT2D eigenvalue weighted by Gasteiger charge is -2.10. The molecule has 0 spiro atoms. The third-order valence-electron chi connectivity index (χ3n) is 2.89. The van der Waals surface area contributed by atoms with Crippen LogP contribution in [-0.4, -0.2) is 4.98 Å². The van der Waals surface area contributed by atoms with Crippen LogP contribution in [0, 0.1) is 11.3 Å². The molecule has 0 bridgehead atoms. The molecule has 0 radical (unpaired) electrons. The number of alkyl halides is 6. The van der Waals surface area contributed by atoms with Crippen LogP contribution in [0.1, 0.15) is 16.8 Å². The standard InChI is InChI=1S/C13H4Cl2F6N2/c14-7-2-1-5(3-8(7)15)10-6(4-22)9(12(16,17)18)11(23-10)13(19,20)21/h1-3,23H. The van der Waals surface area contributed by atoms with Gasteiger partial charge in [0.2, 0.25) is 0 Å². The predicted molar refractivity (Wildman–Crippen MR) is 71.0 cm³/mol. The van der Waals surface area contributed by atoms with E-state index in [0.717, 1.165) is 12.1 Å². The van der Waals surface area contributed by atoms with Gasteiger partial charge in [-0.2, -0.15) is 31.6 Å². The van der Waals surface area contributed by atoms with Gasteiger partial charge in [-0.25, -0.2) is 0 Å². The van der Waals surface area contributed by atoms with Crippen molar-refractivity contribution in [3.05, 3.63) is 45.1 Å². The number of aromatic amines is 1. The highest BCUT2D eigenvalue weighted by molar-refractivity contribution is 6.42. The van der Waals surface area contributed by atoms with Crippen LogP contribution in [0.2, 0.25) is 10.0 Å². The molecule has 0 saturated carbocycles. The fourth-order valence-electron chi connectivity index (χ4n) is 1.98. The first-order valence-electron chi connectivity index (χ1n) is 5.72. The zero-order valence-corrected chi connectivity index (χ0v) is 12.2. The number of hydrogen-bond donors (Lipinski definition) is 1. The van der Waals surface area contributed by atoms with E-state index in [1.807, 2.05) is 0 Å². The average molecular weight is 373 g/mol. The van der Waals surface area contributed by atoms with E-state index in [1.165, 1.54) is 12.1 Å². The van der Waals surface area contributed by atoms with Gasteiger partial charge in [0.05, 0.1) is 21.3 Å². The maximum Gasteiger partial charge on any atom is 0.431 e. The van der Waals surface area contributed by atoms with Crippen molar-refractivity contribution in [3.8, 4) is 17.3 Å². The van der Waals surface area contributed by atoms with E-state index in [1.54, 1.807) is 4.98 Å². The Bertz CT molecular complexity index is 799. The molecule has 0 aliphatic carbocycles. The second-order valence-corrected chi connectivity index (χ2v) is 5.18. The molecule has 0 fully saturated rings. The molecule has 1 heterocycles. The summed E-state index contributed by atoms with van der Waals surface area (Å²) in [5, 5.41) is 8.91. The summed E-state index contributed by atoms with van der Waals surface area (Å²) in [5.74, 6) is 0. The van der Waals surface area contributed by atoms with Crippen LogP contribution < -0.4 is 0 Å². The highest BCUT2D eigenvalue weighted by Crippen LogP contribution is 2.45. The molecule has 122 valence electrons. The van der Waals surface area contributed by atoms with Crippen LogP contribution in [0.25, 0.3) is 11.3 Å². The summed E-state index contributed by atoms with van der Waals surface area (Å²) in [7, 11) is 0. The van der Waals surface area contributed by atoms with Gasteiger partial charge < -0.3 is 4.98 Å². The Morgan fingerprint density at radius 1 is 0.957 bits per heavy atom. The Morgan fingerprint density at radius 2 is 1.57 bits per heavy atom. The topological polar surface area (TPSA) is 39.6 Å². The fourth-order valence-corrected chi connectivity index (χ4v) is 2.27. The monoisotopic (exact) mass is 372 g/mol. The van der Waals surface area contributed by atoms with E-state index in [-0.39, 0.29) is 15.6 Å². The van der Waals surface area contributed by atoms with Gasteiger partial charge in [0.15, 0.2) is 0 Å². The van der Waals surface area contributed by atoms with Gasteiger partial charge in [0.1, 0.15) is 17.3 Å². The van der Waals surface area contributed by atoms with E-state index in [2.05, 4.69) is 0 Å². The molecule has 0 atom stereocenters. The number of nitriles is 1. The van der Waals surface area contributed by atoms with Crippen molar-refractivity contribution in [2.45, 2.75) is 12.4 Å². The number of nitrogens with one attached hydrogen (secondary N) is 1. The smallest absolute Gasteiger partial charge is 0.349 e. The lowest BCUT2D eigenvalue weighted by Crippen LogP contribution is -2.16. The van der Waals surface area contributed by atoms with Crippen molar-refractivity contribution < 1.29 is 26.3 Å². The van der Waals surface area contributed by atoms with Crippen molar-refractivity contribution in [3.63, 3.8) is 0 Å². The van der Waals surface area contributed by atoms with E-state index < -0.39 is 34.9 Å². The zero-order chi connectivity index (χ0) is 17.6. The van der Waals surface area contributed by atoms with Crippen molar-refractivity contribution in [2.75, 3.05) is 0 Å². The molecule has 0 saturated heterocycles.